The molecule has 19 heavy (non-hydrogen) atoms. The quantitative estimate of drug-likeness (QED) is 0.835. The number of carbonyl (C=O) groups is 1. The van der Waals surface area contributed by atoms with E-state index in [-0.39, 0.29) is 5.91 Å². The maximum absolute atomic E-state index is 12.1. The molecule has 0 radical (unpaired) electrons. The van der Waals surface area contributed by atoms with E-state index in [2.05, 4.69) is 0 Å². The fraction of sp³-hybridized carbons (Fsp3) is 0.467. The Morgan fingerprint density at radius 2 is 2.11 bits per heavy atom. The lowest BCUT2D eigenvalue weighted by atomic mass is 9.94. The third-order valence-corrected chi connectivity index (χ3v) is 3.00. The van der Waals surface area contributed by atoms with Gasteiger partial charge in [0.25, 0.3) is 0 Å². The summed E-state index contributed by atoms with van der Waals surface area (Å²) in [6, 6.07) is 7.86. The highest BCUT2D eigenvalue weighted by atomic mass is 16.5. The van der Waals surface area contributed by atoms with Gasteiger partial charge in [0.1, 0.15) is 11.2 Å². The second-order valence-electron chi connectivity index (χ2n) is 5.21. The third kappa shape index (κ3) is 3.47. The maximum Gasteiger partial charge on any atom is 0.242 e. The van der Waals surface area contributed by atoms with Crippen LogP contribution in [0.15, 0.2) is 18.2 Å². The van der Waals surface area contributed by atoms with Gasteiger partial charge in [0.2, 0.25) is 5.91 Å². The number of ether oxygens (including phenoxy) is 1. The van der Waals surface area contributed by atoms with Crippen molar-refractivity contribution >= 4 is 5.91 Å². The lowest BCUT2D eigenvalue weighted by molar-refractivity contribution is -0.136. The van der Waals surface area contributed by atoms with Crippen LogP contribution in [0.3, 0.4) is 0 Å². The molecule has 0 atom stereocenters. The first-order valence-electron chi connectivity index (χ1n) is 6.12. The van der Waals surface area contributed by atoms with Gasteiger partial charge in [0, 0.05) is 19.2 Å². The molecule has 0 spiro atoms. The summed E-state index contributed by atoms with van der Waals surface area (Å²) in [6.07, 6.45) is 0. The van der Waals surface area contributed by atoms with Crippen molar-refractivity contribution in [3.05, 3.63) is 29.3 Å². The average Bonchev–Trinajstić information content (AvgIpc) is 2.38. The van der Waals surface area contributed by atoms with Crippen LogP contribution in [0.2, 0.25) is 0 Å². The first-order chi connectivity index (χ1) is 8.81. The van der Waals surface area contributed by atoms with E-state index in [0.717, 1.165) is 16.9 Å². The van der Waals surface area contributed by atoms with Crippen LogP contribution in [-0.2, 0) is 11.3 Å². The SMILES string of the molecule is COc1ccc(C)cc1CN(C)C(=O)C(C)(C)C#N. The molecule has 1 rings (SSSR count). The predicted octanol–water partition coefficient (Wildman–Crippen LogP) is 2.51. The summed E-state index contributed by atoms with van der Waals surface area (Å²) < 4.78 is 5.29. The van der Waals surface area contributed by atoms with Crippen molar-refractivity contribution in [1.29, 1.82) is 5.26 Å². The van der Waals surface area contributed by atoms with Crippen molar-refractivity contribution in [3.8, 4) is 11.8 Å². The largest absolute Gasteiger partial charge is 0.496 e. The van der Waals surface area contributed by atoms with Crippen molar-refractivity contribution in [2.45, 2.75) is 27.3 Å². The van der Waals surface area contributed by atoms with E-state index in [1.165, 1.54) is 0 Å². The minimum absolute atomic E-state index is 0.196. The summed E-state index contributed by atoms with van der Waals surface area (Å²) in [5.74, 6) is 0.554. The second-order valence-corrected chi connectivity index (χ2v) is 5.21. The average molecular weight is 260 g/mol. The summed E-state index contributed by atoms with van der Waals surface area (Å²) in [5, 5.41) is 9.00. The van der Waals surface area contributed by atoms with E-state index >= 15 is 0 Å². The first kappa shape index (κ1) is 15.0. The number of hydrogen-bond acceptors (Lipinski definition) is 3. The zero-order valence-corrected chi connectivity index (χ0v) is 12.2. The van der Waals surface area contributed by atoms with E-state index < -0.39 is 5.41 Å². The van der Waals surface area contributed by atoms with Crippen molar-refractivity contribution in [2.24, 2.45) is 5.41 Å². The molecule has 0 aliphatic rings. The van der Waals surface area contributed by atoms with E-state index in [1.54, 1.807) is 32.9 Å². The molecule has 0 heterocycles. The summed E-state index contributed by atoms with van der Waals surface area (Å²) in [7, 11) is 3.30. The molecular formula is C15H20N2O2. The fourth-order valence-corrected chi connectivity index (χ4v) is 1.88. The number of aryl methyl sites for hydroxylation is 1. The van der Waals surface area contributed by atoms with Crippen LogP contribution in [0.1, 0.15) is 25.0 Å². The predicted molar refractivity (Wildman–Crippen MR) is 73.6 cm³/mol. The molecule has 1 aromatic rings. The van der Waals surface area contributed by atoms with Gasteiger partial charge in [0.05, 0.1) is 13.2 Å². The highest BCUT2D eigenvalue weighted by molar-refractivity contribution is 5.84. The van der Waals surface area contributed by atoms with E-state index in [0.29, 0.717) is 6.54 Å². The minimum Gasteiger partial charge on any atom is -0.496 e. The molecule has 0 unspecified atom stereocenters. The van der Waals surface area contributed by atoms with Crippen LogP contribution in [0.4, 0.5) is 0 Å². The van der Waals surface area contributed by atoms with Gasteiger partial charge >= 0.3 is 0 Å². The first-order valence-corrected chi connectivity index (χ1v) is 6.12. The lowest BCUT2D eigenvalue weighted by Crippen LogP contribution is -2.37. The Morgan fingerprint density at radius 1 is 1.47 bits per heavy atom. The molecule has 0 N–H and O–H groups in total. The summed E-state index contributed by atoms with van der Waals surface area (Å²) in [6.45, 7) is 5.66. The Morgan fingerprint density at radius 3 is 2.63 bits per heavy atom. The van der Waals surface area contributed by atoms with Crippen molar-refractivity contribution in [2.75, 3.05) is 14.2 Å². The molecular weight excluding hydrogens is 240 g/mol. The van der Waals surface area contributed by atoms with E-state index in [1.807, 2.05) is 31.2 Å². The fourth-order valence-electron chi connectivity index (χ4n) is 1.88. The van der Waals surface area contributed by atoms with Crippen LogP contribution in [0.5, 0.6) is 5.75 Å². The number of rotatable bonds is 4. The number of carbonyl (C=O) groups excluding carboxylic acids is 1. The zero-order chi connectivity index (χ0) is 14.6. The van der Waals surface area contributed by atoms with Gasteiger partial charge in [-0.25, -0.2) is 0 Å². The van der Waals surface area contributed by atoms with Crippen molar-refractivity contribution in [3.63, 3.8) is 0 Å². The molecule has 4 nitrogen and oxygen atoms in total. The molecule has 0 aromatic heterocycles. The van der Waals surface area contributed by atoms with Crippen LogP contribution >= 0.6 is 0 Å². The van der Waals surface area contributed by atoms with Crippen molar-refractivity contribution < 1.29 is 9.53 Å². The van der Waals surface area contributed by atoms with E-state index in [9.17, 15) is 4.79 Å². The molecule has 0 aliphatic heterocycles. The number of benzene rings is 1. The Kier molecular flexibility index (Phi) is 4.55. The normalized spacial score (nSPS) is 10.7. The minimum atomic E-state index is -1.01. The highest BCUT2D eigenvalue weighted by Gasteiger charge is 2.30. The molecule has 0 fully saturated rings. The monoisotopic (exact) mass is 260 g/mol. The Bertz CT molecular complexity index is 515. The van der Waals surface area contributed by atoms with Crippen LogP contribution in [0, 0.1) is 23.7 Å². The molecule has 102 valence electrons. The zero-order valence-electron chi connectivity index (χ0n) is 12.2. The number of nitrogens with zero attached hydrogens (tertiary/aromatic N) is 2. The molecule has 0 aliphatic carbocycles. The number of amides is 1. The molecule has 0 bridgehead atoms. The Labute approximate surface area is 114 Å². The van der Waals surface area contributed by atoms with E-state index in [4.69, 9.17) is 10.00 Å². The number of hydrogen-bond donors (Lipinski definition) is 0. The smallest absolute Gasteiger partial charge is 0.242 e. The molecule has 1 aromatic carbocycles. The molecule has 4 heteroatoms. The topological polar surface area (TPSA) is 53.3 Å². The van der Waals surface area contributed by atoms with Gasteiger partial charge < -0.3 is 9.64 Å². The van der Waals surface area contributed by atoms with Gasteiger partial charge in [-0.1, -0.05) is 17.7 Å². The van der Waals surface area contributed by atoms with Gasteiger partial charge in [0.15, 0.2) is 0 Å². The Balaban J connectivity index is 2.94. The summed E-state index contributed by atoms with van der Waals surface area (Å²) in [4.78, 5) is 13.7. The number of methoxy groups -OCH3 is 1. The van der Waals surface area contributed by atoms with Gasteiger partial charge in [-0.05, 0) is 26.8 Å². The van der Waals surface area contributed by atoms with Gasteiger partial charge in [-0.15, -0.1) is 0 Å². The van der Waals surface area contributed by atoms with Crippen molar-refractivity contribution in [1.82, 2.24) is 4.90 Å². The van der Waals surface area contributed by atoms with Gasteiger partial charge in [-0.2, -0.15) is 5.26 Å². The molecule has 0 saturated carbocycles. The van der Waals surface area contributed by atoms with Crippen LogP contribution in [0.25, 0.3) is 0 Å². The standard InChI is InChI=1S/C15H20N2O2/c1-11-6-7-13(19-5)12(8-11)9-17(4)14(18)15(2,3)10-16/h6-8H,9H2,1-5H3. The second kappa shape index (κ2) is 5.75. The summed E-state index contributed by atoms with van der Waals surface area (Å²) in [5.41, 5.74) is 1.04. The third-order valence-electron chi connectivity index (χ3n) is 3.00. The number of nitriles is 1. The van der Waals surface area contributed by atoms with Crippen LogP contribution in [-0.4, -0.2) is 25.0 Å². The van der Waals surface area contributed by atoms with Crippen LogP contribution < -0.4 is 4.74 Å². The highest BCUT2D eigenvalue weighted by Crippen LogP contribution is 2.23. The molecule has 0 saturated heterocycles. The van der Waals surface area contributed by atoms with Gasteiger partial charge in [-0.3, -0.25) is 4.79 Å². The maximum atomic E-state index is 12.1. The summed E-state index contributed by atoms with van der Waals surface area (Å²) >= 11 is 0. The molecule has 1 amide bonds. The lowest BCUT2D eigenvalue weighted by Gasteiger charge is -2.24. The Hall–Kier alpha value is -2.02.